The molecule has 8 nitrogen and oxygen atoms in total. The summed E-state index contributed by atoms with van der Waals surface area (Å²) in [6.45, 7) is -0.0457. The SMILES string of the molecule is COc1nn(-c2ccc(C(F)(F)F)nc2)cc1CNC(=O)[C@@H]1CC[C@@H]1S(=O)(=O)c1ccc(F)cc1. The van der Waals surface area contributed by atoms with Crippen molar-refractivity contribution in [2.75, 3.05) is 7.11 Å². The van der Waals surface area contributed by atoms with Crippen LogP contribution < -0.4 is 10.1 Å². The topological polar surface area (TPSA) is 103 Å². The van der Waals surface area contributed by atoms with Crippen LogP contribution in [0.3, 0.4) is 0 Å². The summed E-state index contributed by atoms with van der Waals surface area (Å²) in [5.74, 6) is -1.68. The Bertz CT molecular complexity index is 1320. The fraction of sp³-hybridized carbons (Fsp3) is 0.318. The summed E-state index contributed by atoms with van der Waals surface area (Å²) in [4.78, 5) is 16.1. The smallest absolute Gasteiger partial charge is 0.433 e. The zero-order valence-corrected chi connectivity index (χ0v) is 19.1. The minimum atomic E-state index is -4.57. The lowest BCUT2D eigenvalue weighted by atomic mass is 9.84. The number of pyridine rings is 1. The minimum absolute atomic E-state index is 0.0457. The van der Waals surface area contributed by atoms with Gasteiger partial charge in [0.15, 0.2) is 9.84 Å². The van der Waals surface area contributed by atoms with Crippen molar-refractivity contribution in [3.8, 4) is 11.6 Å². The molecule has 1 N–H and O–H groups in total. The molecule has 1 aromatic carbocycles. The monoisotopic (exact) mass is 512 g/mol. The number of hydrogen-bond donors (Lipinski definition) is 1. The predicted molar refractivity (Wildman–Crippen MR) is 115 cm³/mol. The number of nitrogens with one attached hydrogen (secondary N) is 1. The number of rotatable bonds is 7. The fourth-order valence-corrected chi connectivity index (χ4v) is 5.77. The second-order valence-corrected chi connectivity index (χ2v) is 10.1. The molecule has 13 heteroatoms. The lowest BCUT2D eigenvalue weighted by Gasteiger charge is -2.34. The Morgan fingerprint density at radius 1 is 1.17 bits per heavy atom. The molecule has 2 atom stereocenters. The molecule has 2 aromatic heterocycles. The Kier molecular flexibility index (Phi) is 6.54. The van der Waals surface area contributed by atoms with Gasteiger partial charge in [-0.2, -0.15) is 13.2 Å². The van der Waals surface area contributed by atoms with Crippen molar-refractivity contribution in [3.63, 3.8) is 0 Å². The van der Waals surface area contributed by atoms with Crippen LogP contribution in [0.1, 0.15) is 24.1 Å². The zero-order chi connectivity index (χ0) is 25.4. The van der Waals surface area contributed by atoms with E-state index < -0.39 is 44.6 Å². The molecule has 0 radical (unpaired) electrons. The Balaban J connectivity index is 1.44. The number of alkyl halides is 3. The lowest BCUT2D eigenvalue weighted by molar-refractivity contribution is -0.141. The molecule has 1 amide bonds. The Labute approximate surface area is 197 Å². The van der Waals surface area contributed by atoms with Crippen molar-refractivity contribution in [1.82, 2.24) is 20.1 Å². The van der Waals surface area contributed by atoms with Gasteiger partial charge < -0.3 is 10.1 Å². The van der Waals surface area contributed by atoms with Crippen molar-refractivity contribution < 1.29 is 35.5 Å². The maximum Gasteiger partial charge on any atom is 0.433 e. The maximum atomic E-state index is 13.2. The van der Waals surface area contributed by atoms with Crippen molar-refractivity contribution >= 4 is 15.7 Å². The summed E-state index contributed by atoms with van der Waals surface area (Å²) in [6.07, 6.45) is -1.41. The van der Waals surface area contributed by atoms with E-state index in [0.717, 1.165) is 24.4 Å². The largest absolute Gasteiger partial charge is 0.480 e. The number of ether oxygens (including phenoxy) is 1. The normalized spacial score (nSPS) is 18.1. The molecule has 0 unspecified atom stereocenters. The van der Waals surface area contributed by atoms with Crippen molar-refractivity contribution in [1.29, 1.82) is 0 Å². The number of amides is 1. The van der Waals surface area contributed by atoms with Crippen LogP contribution in [0.15, 0.2) is 53.7 Å². The highest BCUT2D eigenvalue weighted by Gasteiger charge is 2.45. The zero-order valence-electron chi connectivity index (χ0n) is 18.3. The first-order valence-electron chi connectivity index (χ1n) is 10.4. The van der Waals surface area contributed by atoms with Gasteiger partial charge in [-0.3, -0.25) is 4.79 Å². The fourth-order valence-electron chi connectivity index (χ4n) is 3.76. The second kappa shape index (κ2) is 9.29. The number of hydrogen-bond acceptors (Lipinski definition) is 6. The number of halogens is 4. The van der Waals surface area contributed by atoms with E-state index in [2.05, 4.69) is 15.4 Å². The van der Waals surface area contributed by atoms with Gasteiger partial charge in [0, 0.05) is 12.7 Å². The van der Waals surface area contributed by atoms with E-state index in [1.165, 1.54) is 36.2 Å². The number of carbonyl (C=O) groups is 1. The molecular weight excluding hydrogens is 492 g/mol. The summed E-state index contributed by atoms with van der Waals surface area (Å²) >= 11 is 0. The summed E-state index contributed by atoms with van der Waals surface area (Å²) in [7, 11) is -2.46. The molecule has 4 rings (SSSR count). The molecule has 0 spiro atoms. The molecule has 0 aliphatic heterocycles. The van der Waals surface area contributed by atoms with E-state index in [4.69, 9.17) is 4.74 Å². The molecule has 0 saturated heterocycles. The third-order valence-electron chi connectivity index (χ3n) is 5.79. The van der Waals surface area contributed by atoms with Crippen LogP contribution in [-0.4, -0.2) is 41.4 Å². The first-order chi connectivity index (χ1) is 16.5. The van der Waals surface area contributed by atoms with Crippen molar-refractivity contribution in [3.05, 3.63) is 65.9 Å². The van der Waals surface area contributed by atoms with E-state index in [1.54, 1.807) is 0 Å². The molecule has 35 heavy (non-hydrogen) atoms. The van der Waals surface area contributed by atoms with E-state index >= 15 is 0 Å². The van der Waals surface area contributed by atoms with Gasteiger partial charge in [-0.15, -0.1) is 5.10 Å². The number of methoxy groups -OCH3 is 1. The number of carbonyl (C=O) groups excluding carboxylic acids is 1. The molecule has 0 bridgehead atoms. The molecule has 2 heterocycles. The Morgan fingerprint density at radius 3 is 2.43 bits per heavy atom. The molecule has 1 aliphatic carbocycles. The minimum Gasteiger partial charge on any atom is -0.480 e. The quantitative estimate of drug-likeness (QED) is 0.385. The standard InChI is InChI=1S/C22H20F4N4O4S/c1-34-21-13(12-30(29-21)15-4-9-19(27-11-15)22(24,25)26)10-28-20(31)17-7-8-18(17)35(32,33)16-5-2-14(23)3-6-16/h2-6,9,11-12,17-18H,7-8,10H2,1H3,(H,28,31)/t17-,18+/m1/s1. The molecule has 186 valence electrons. The highest BCUT2D eigenvalue weighted by Crippen LogP contribution is 2.37. The van der Waals surface area contributed by atoms with E-state index in [0.29, 0.717) is 18.4 Å². The Morgan fingerprint density at radius 2 is 1.89 bits per heavy atom. The average molecular weight is 512 g/mol. The van der Waals surface area contributed by atoms with Gasteiger partial charge in [0.25, 0.3) is 0 Å². The third-order valence-corrected chi connectivity index (χ3v) is 8.08. The number of sulfone groups is 1. The van der Waals surface area contributed by atoms with Crippen LogP contribution in [-0.2, 0) is 27.4 Å². The van der Waals surface area contributed by atoms with Gasteiger partial charge in [-0.05, 0) is 49.2 Å². The van der Waals surface area contributed by atoms with Gasteiger partial charge >= 0.3 is 6.18 Å². The number of nitrogens with zero attached hydrogens (tertiary/aromatic N) is 3. The van der Waals surface area contributed by atoms with Crippen LogP contribution >= 0.6 is 0 Å². The summed E-state index contributed by atoms with van der Waals surface area (Å²) in [6, 6.07) is 6.47. The van der Waals surface area contributed by atoms with E-state index in [1.807, 2.05) is 0 Å². The van der Waals surface area contributed by atoms with Gasteiger partial charge in [0.1, 0.15) is 11.5 Å². The van der Waals surface area contributed by atoms with Crippen LogP contribution in [0.4, 0.5) is 17.6 Å². The molecular formula is C22H20F4N4O4S. The van der Waals surface area contributed by atoms with Crippen LogP contribution in [0, 0.1) is 11.7 Å². The predicted octanol–water partition coefficient (Wildman–Crippen LogP) is 3.30. The summed E-state index contributed by atoms with van der Waals surface area (Å²) in [5.41, 5.74) is -0.366. The van der Waals surface area contributed by atoms with Gasteiger partial charge in [-0.25, -0.2) is 22.5 Å². The molecule has 3 aromatic rings. The van der Waals surface area contributed by atoms with Crippen LogP contribution in [0.25, 0.3) is 5.69 Å². The van der Waals surface area contributed by atoms with Gasteiger partial charge in [-0.1, -0.05) is 0 Å². The average Bonchev–Trinajstić information content (AvgIpc) is 3.20. The number of aromatic nitrogens is 3. The molecule has 1 saturated carbocycles. The number of benzene rings is 1. The van der Waals surface area contributed by atoms with Crippen molar-refractivity contribution in [2.24, 2.45) is 5.92 Å². The summed E-state index contributed by atoms with van der Waals surface area (Å²) < 4.78 is 83.5. The van der Waals surface area contributed by atoms with Crippen LogP contribution in [0.5, 0.6) is 5.88 Å². The Hall–Kier alpha value is -3.48. The van der Waals surface area contributed by atoms with Crippen LogP contribution in [0.2, 0.25) is 0 Å². The summed E-state index contributed by atoms with van der Waals surface area (Å²) in [5, 5.41) is 5.89. The first-order valence-corrected chi connectivity index (χ1v) is 12.0. The van der Waals surface area contributed by atoms with Gasteiger partial charge in [0.05, 0.1) is 40.6 Å². The molecule has 1 fully saturated rings. The molecule has 1 aliphatic rings. The van der Waals surface area contributed by atoms with Gasteiger partial charge in [0.2, 0.25) is 11.8 Å². The third kappa shape index (κ3) is 4.99. The lowest BCUT2D eigenvalue weighted by Crippen LogP contribution is -2.47. The van der Waals surface area contributed by atoms with Crippen molar-refractivity contribution in [2.45, 2.75) is 35.7 Å². The highest BCUT2D eigenvalue weighted by molar-refractivity contribution is 7.92. The first kappa shape index (κ1) is 24.6. The highest BCUT2D eigenvalue weighted by atomic mass is 32.2. The van der Waals surface area contributed by atoms with E-state index in [-0.39, 0.29) is 23.0 Å². The van der Waals surface area contributed by atoms with E-state index in [9.17, 15) is 30.8 Å². The maximum absolute atomic E-state index is 13.2. The second-order valence-electron chi connectivity index (χ2n) is 7.95.